The Morgan fingerprint density at radius 1 is 1.06 bits per heavy atom. The number of nitrogens with zero attached hydrogens (tertiary/aromatic N) is 2. The molecule has 0 aliphatic carbocycles. The van der Waals surface area contributed by atoms with Crippen LogP contribution in [0.2, 0.25) is 0 Å². The topological polar surface area (TPSA) is 73.2 Å². The molecule has 0 bridgehead atoms. The highest BCUT2D eigenvalue weighted by atomic mass is 32.2. The molecule has 0 amide bonds. The van der Waals surface area contributed by atoms with E-state index in [9.17, 15) is 12.8 Å². The predicted molar refractivity (Wildman–Crippen MR) is 127 cm³/mol. The zero-order valence-electron chi connectivity index (χ0n) is 19.0. The van der Waals surface area contributed by atoms with Crippen LogP contribution < -0.4 is 9.46 Å². The van der Waals surface area contributed by atoms with Crippen LogP contribution in [0.15, 0.2) is 65.7 Å². The Morgan fingerprint density at radius 2 is 1.73 bits per heavy atom. The molecule has 33 heavy (non-hydrogen) atoms. The summed E-state index contributed by atoms with van der Waals surface area (Å²) in [5.74, 6) is 0.279. The molecule has 0 saturated heterocycles. The Balaban J connectivity index is 1.51. The first-order valence-electron chi connectivity index (χ1n) is 10.6. The fraction of sp³-hybridized carbons (Fsp3) is 0.240. The van der Waals surface area contributed by atoms with Gasteiger partial charge in [0.1, 0.15) is 18.2 Å². The molecule has 0 saturated carbocycles. The van der Waals surface area contributed by atoms with Gasteiger partial charge in [0, 0.05) is 0 Å². The Morgan fingerprint density at radius 3 is 2.39 bits per heavy atom. The van der Waals surface area contributed by atoms with Gasteiger partial charge in [-0.25, -0.2) is 22.2 Å². The van der Waals surface area contributed by atoms with Gasteiger partial charge in [0.2, 0.25) is 10.0 Å². The Bertz CT molecular complexity index is 1390. The quantitative estimate of drug-likeness (QED) is 0.422. The van der Waals surface area contributed by atoms with Crippen molar-refractivity contribution in [3.8, 4) is 11.4 Å². The second-order valence-electron chi connectivity index (χ2n) is 8.28. The fourth-order valence-corrected chi connectivity index (χ4v) is 5.78. The predicted octanol–water partition coefficient (Wildman–Crippen LogP) is 4.84. The highest BCUT2D eigenvalue weighted by molar-refractivity contribution is 7.89. The molecule has 8 heteroatoms. The van der Waals surface area contributed by atoms with Gasteiger partial charge in [-0.15, -0.1) is 0 Å². The van der Waals surface area contributed by atoms with Crippen molar-refractivity contribution in [1.82, 2.24) is 14.5 Å². The molecular formula is C25H26FN3O3S. The third-order valence-electron chi connectivity index (χ3n) is 5.36. The van der Waals surface area contributed by atoms with Gasteiger partial charge in [0.25, 0.3) is 0 Å². The summed E-state index contributed by atoms with van der Waals surface area (Å²) in [6, 6.07) is 14.9. The van der Waals surface area contributed by atoms with E-state index < -0.39 is 16.1 Å². The van der Waals surface area contributed by atoms with Gasteiger partial charge in [-0.05, 0) is 75.2 Å². The van der Waals surface area contributed by atoms with Crippen molar-refractivity contribution in [2.45, 2.75) is 38.6 Å². The minimum atomic E-state index is -3.70. The van der Waals surface area contributed by atoms with Gasteiger partial charge >= 0.3 is 0 Å². The highest BCUT2D eigenvalue weighted by Crippen LogP contribution is 2.28. The first-order chi connectivity index (χ1) is 15.7. The number of fused-ring (bicyclic) bond motifs is 1. The molecule has 1 atom stereocenters. The first-order valence-corrected chi connectivity index (χ1v) is 12.1. The Labute approximate surface area is 193 Å². The monoisotopic (exact) mass is 467 g/mol. The van der Waals surface area contributed by atoms with Crippen molar-refractivity contribution in [1.29, 1.82) is 0 Å². The second-order valence-corrected chi connectivity index (χ2v) is 9.93. The van der Waals surface area contributed by atoms with E-state index >= 15 is 0 Å². The van der Waals surface area contributed by atoms with E-state index in [2.05, 4.69) is 9.82 Å². The molecule has 0 unspecified atom stereocenters. The Kier molecular flexibility index (Phi) is 6.23. The van der Waals surface area contributed by atoms with E-state index in [4.69, 9.17) is 4.74 Å². The second kappa shape index (κ2) is 8.96. The van der Waals surface area contributed by atoms with Crippen LogP contribution in [0.3, 0.4) is 0 Å². The number of nitrogens with one attached hydrogen (secondary N) is 1. The van der Waals surface area contributed by atoms with Crippen molar-refractivity contribution >= 4 is 20.9 Å². The molecule has 6 nitrogen and oxygen atoms in total. The minimum absolute atomic E-state index is 0.143. The van der Waals surface area contributed by atoms with Crippen molar-refractivity contribution in [3.63, 3.8) is 0 Å². The molecule has 0 spiro atoms. The molecule has 1 aromatic heterocycles. The van der Waals surface area contributed by atoms with E-state index in [1.165, 1.54) is 12.1 Å². The average Bonchev–Trinajstić information content (AvgIpc) is 3.16. The van der Waals surface area contributed by atoms with E-state index in [1.807, 2.05) is 37.3 Å². The molecule has 0 radical (unpaired) electrons. The maximum Gasteiger partial charge on any atom is 0.241 e. The number of aryl methyl sites for hydroxylation is 3. The number of halogens is 1. The van der Waals surface area contributed by atoms with Crippen molar-refractivity contribution in [3.05, 3.63) is 83.3 Å². The zero-order valence-corrected chi connectivity index (χ0v) is 19.8. The third-order valence-corrected chi connectivity index (χ3v) is 7.26. The third kappa shape index (κ3) is 4.77. The van der Waals surface area contributed by atoms with Crippen LogP contribution >= 0.6 is 0 Å². The molecular weight excluding hydrogens is 441 g/mol. The van der Waals surface area contributed by atoms with E-state index in [1.54, 1.807) is 43.8 Å². The summed E-state index contributed by atoms with van der Waals surface area (Å²) in [7, 11) is -3.70. The van der Waals surface area contributed by atoms with Crippen LogP contribution in [0.25, 0.3) is 16.6 Å². The zero-order chi connectivity index (χ0) is 23.8. The van der Waals surface area contributed by atoms with Crippen LogP contribution in [-0.4, -0.2) is 30.8 Å². The molecule has 172 valence electrons. The molecule has 4 aromatic rings. The lowest BCUT2D eigenvalue weighted by molar-refractivity contribution is 0.290. The van der Waals surface area contributed by atoms with Gasteiger partial charge in [-0.2, -0.15) is 5.10 Å². The number of aromatic nitrogens is 2. The number of hydrogen-bond donors (Lipinski definition) is 1. The summed E-state index contributed by atoms with van der Waals surface area (Å²) in [6.45, 7) is 7.45. The first kappa shape index (κ1) is 22.9. The number of sulfonamides is 1. The van der Waals surface area contributed by atoms with E-state index in [0.717, 1.165) is 22.2 Å². The molecule has 0 fully saturated rings. The standard InChI is InChI=1S/C25H26FN3O3S/c1-16-12-17(2)25(18(3)13-16)33(30,31)28-19(4)15-32-24-7-5-6-23-22(24)14-27-29(23)21-10-8-20(26)9-11-21/h5-14,19,28H,15H2,1-4H3/t19-/m0/s1. The molecule has 1 heterocycles. The van der Waals surface area contributed by atoms with Crippen LogP contribution in [-0.2, 0) is 10.0 Å². The van der Waals surface area contributed by atoms with Gasteiger partial charge in [0.15, 0.2) is 0 Å². The number of ether oxygens (including phenoxy) is 1. The molecule has 0 aliphatic heterocycles. The highest BCUT2D eigenvalue weighted by Gasteiger charge is 2.22. The van der Waals surface area contributed by atoms with Crippen LogP contribution in [0, 0.1) is 26.6 Å². The molecule has 3 aromatic carbocycles. The lowest BCUT2D eigenvalue weighted by atomic mass is 10.1. The summed E-state index contributed by atoms with van der Waals surface area (Å²) >= 11 is 0. The van der Waals surface area contributed by atoms with E-state index in [-0.39, 0.29) is 12.4 Å². The SMILES string of the molecule is Cc1cc(C)c(S(=O)(=O)N[C@@H](C)COc2cccc3c2cnn3-c2ccc(F)cc2)c(C)c1. The van der Waals surface area contributed by atoms with Crippen molar-refractivity contribution < 1.29 is 17.5 Å². The summed E-state index contributed by atoms with van der Waals surface area (Å²) in [4.78, 5) is 0.308. The van der Waals surface area contributed by atoms with Crippen LogP contribution in [0.4, 0.5) is 4.39 Å². The van der Waals surface area contributed by atoms with Gasteiger partial charge in [-0.3, -0.25) is 0 Å². The number of benzene rings is 3. The summed E-state index contributed by atoms with van der Waals surface area (Å²) in [5, 5.41) is 5.19. The Hall–Kier alpha value is -3.23. The average molecular weight is 468 g/mol. The normalized spacial score (nSPS) is 12.8. The van der Waals surface area contributed by atoms with Gasteiger partial charge in [-0.1, -0.05) is 23.8 Å². The number of rotatable bonds is 7. The van der Waals surface area contributed by atoms with Crippen LogP contribution in [0.5, 0.6) is 5.75 Å². The summed E-state index contributed by atoms with van der Waals surface area (Å²) < 4.78 is 49.7. The largest absolute Gasteiger partial charge is 0.491 e. The maximum absolute atomic E-state index is 13.3. The molecule has 0 aliphatic rings. The lowest BCUT2D eigenvalue weighted by Gasteiger charge is -2.18. The summed E-state index contributed by atoms with van der Waals surface area (Å²) in [6.07, 6.45) is 1.68. The summed E-state index contributed by atoms with van der Waals surface area (Å²) in [5.41, 5.74) is 3.98. The molecule has 1 N–H and O–H groups in total. The smallest absolute Gasteiger partial charge is 0.241 e. The van der Waals surface area contributed by atoms with Crippen molar-refractivity contribution in [2.24, 2.45) is 0 Å². The fourth-order valence-electron chi connectivity index (χ4n) is 4.10. The van der Waals surface area contributed by atoms with Crippen LogP contribution in [0.1, 0.15) is 23.6 Å². The minimum Gasteiger partial charge on any atom is -0.491 e. The van der Waals surface area contributed by atoms with E-state index in [0.29, 0.717) is 21.8 Å². The van der Waals surface area contributed by atoms with Gasteiger partial charge in [0.05, 0.1) is 33.7 Å². The van der Waals surface area contributed by atoms with Gasteiger partial charge < -0.3 is 4.74 Å². The maximum atomic E-state index is 13.3. The van der Waals surface area contributed by atoms with Crippen molar-refractivity contribution in [2.75, 3.05) is 6.61 Å². The molecule has 4 rings (SSSR count). The lowest BCUT2D eigenvalue weighted by Crippen LogP contribution is -2.37. The number of hydrogen-bond acceptors (Lipinski definition) is 4.